The Hall–Kier alpha value is -0.890. The van der Waals surface area contributed by atoms with Crippen LogP contribution in [0.1, 0.15) is 49.3 Å². The second-order valence-corrected chi connectivity index (χ2v) is 5.10. The smallest absolute Gasteiger partial charge is 0.0426 e. The number of hydrogen-bond donors (Lipinski definition) is 1. The highest BCUT2D eigenvalue weighted by molar-refractivity contribution is 5.33. The molecule has 1 aromatic heterocycles. The molecule has 0 aliphatic heterocycles. The van der Waals surface area contributed by atoms with Crippen LogP contribution in [0.4, 0.5) is 0 Å². The lowest BCUT2D eigenvalue weighted by Gasteiger charge is -2.20. The van der Waals surface area contributed by atoms with E-state index in [0.29, 0.717) is 12.0 Å². The molecule has 1 atom stereocenters. The second-order valence-electron chi connectivity index (χ2n) is 5.10. The van der Waals surface area contributed by atoms with Crippen LogP contribution in [0.2, 0.25) is 0 Å². The van der Waals surface area contributed by atoms with Crippen molar-refractivity contribution in [1.29, 1.82) is 0 Å². The number of aryl methyl sites for hydroxylation is 3. The number of pyridine rings is 1. The van der Waals surface area contributed by atoms with Crippen molar-refractivity contribution in [2.24, 2.45) is 5.92 Å². The predicted octanol–water partition coefficient (Wildman–Crippen LogP) is 3.31. The number of nitrogens with one attached hydrogen (secondary N) is 1. The van der Waals surface area contributed by atoms with Crippen LogP contribution in [0.5, 0.6) is 0 Å². The summed E-state index contributed by atoms with van der Waals surface area (Å²) in [7, 11) is 0. The standard InChI is InChI=1S/C14H24N2/c1-9(2)8-15-12(5)14-10(3)7-11(4)16-13(14)6/h7,9,12,15H,8H2,1-6H3. The van der Waals surface area contributed by atoms with Gasteiger partial charge in [-0.05, 0) is 57.4 Å². The summed E-state index contributed by atoms with van der Waals surface area (Å²) in [4.78, 5) is 4.54. The highest BCUT2D eigenvalue weighted by Gasteiger charge is 2.12. The first-order valence-corrected chi connectivity index (χ1v) is 6.10. The van der Waals surface area contributed by atoms with Crippen molar-refractivity contribution in [2.75, 3.05) is 6.54 Å². The van der Waals surface area contributed by atoms with Gasteiger partial charge in [-0.2, -0.15) is 0 Å². The minimum atomic E-state index is 0.385. The molecule has 0 saturated carbocycles. The molecule has 1 heterocycles. The molecule has 0 aliphatic rings. The molecule has 16 heavy (non-hydrogen) atoms. The lowest BCUT2D eigenvalue weighted by Crippen LogP contribution is -2.24. The average Bonchev–Trinajstić information content (AvgIpc) is 2.12. The Labute approximate surface area is 99.5 Å². The van der Waals surface area contributed by atoms with E-state index in [1.807, 2.05) is 0 Å². The number of aromatic nitrogens is 1. The summed E-state index contributed by atoms with van der Waals surface area (Å²) in [5.74, 6) is 0.682. The Kier molecular flexibility index (Phi) is 4.48. The minimum Gasteiger partial charge on any atom is -0.310 e. The fourth-order valence-corrected chi connectivity index (χ4v) is 2.20. The molecule has 2 heteroatoms. The van der Waals surface area contributed by atoms with Crippen molar-refractivity contribution < 1.29 is 0 Å². The molecule has 0 aliphatic carbocycles. The molecule has 1 N–H and O–H groups in total. The van der Waals surface area contributed by atoms with E-state index in [0.717, 1.165) is 17.9 Å². The van der Waals surface area contributed by atoms with E-state index in [1.165, 1.54) is 11.1 Å². The Bertz CT molecular complexity index is 333. The van der Waals surface area contributed by atoms with E-state index in [2.05, 4.69) is 57.9 Å². The van der Waals surface area contributed by atoms with Gasteiger partial charge in [-0.1, -0.05) is 13.8 Å². The van der Waals surface area contributed by atoms with Crippen LogP contribution in [-0.4, -0.2) is 11.5 Å². The van der Waals surface area contributed by atoms with Gasteiger partial charge in [-0.25, -0.2) is 0 Å². The van der Waals surface area contributed by atoms with Crippen molar-refractivity contribution in [3.05, 3.63) is 28.6 Å². The summed E-state index contributed by atoms with van der Waals surface area (Å²) in [5.41, 5.74) is 4.95. The average molecular weight is 220 g/mol. The first-order chi connectivity index (χ1) is 7.41. The summed E-state index contributed by atoms with van der Waals surface area (Å²) in [6.45, 7) is 14.0. The fourth-order valence-electron chi connectivity index (χ4n) is 2.20. The topological polar surface area (TPSA) is 24.9 Å². The number of hydrogen-bond acceptors (Lipinski definition) is 2. The monoisotopic (exact) mass is 220 g/mol. The van der Waals surface area contributed by atoms with Crippen LogP contribution < -0.4 is 5.32 Å². The van der Waals surface area contributed by atoms with E-state index in [9.17, 15) is 0 Å². The third kappa shape index (κ3) is 3.31. The summed E-state index contributed by atoms with van der Waals surface area (Å²) in [5, 5.41) is 3.56. The van der Waals surface area contributed by atoms with Crippen LogP contribution in [0.3, 0.4) is 0 Å². The van der Waals surface area contributed by atoms with Crippen molar-refractivity contribution >= 4 is 0 Å². The summed E-state index contributed by atoms with van der Waals surface area (Å²) in [6, 6.07) is 2.55. The molecule has 0 fully saturated rings. The van der Waals surface area contributed by atoms with Gasteiger partial charge in [0.15, 0.2) is 0 Å². The maximum absolute atomic E-state index is 4.54. The number of nitrogens with zero attached hydrogens (tertiary/aromatic N) is 1. The first kappa shape index (κ1) is 13.2. The molecular weight excluding hydrogens is 196 g/mol. The quantitative estimate of drug-likeness (QED) is 0.842. The molecule has 0 bridgehead atoms. The first-order valence-electron chi connectivity index (χ1n) is 6.10. The fraction of sp³-hybridized carbons (Fsp3) is 0.643. The van der Waals surface area contributed by atoms with Crippen LogP contribution in [0.25, 0.3) is 0 Å². The van der Waals surface area contributed by atoms with Gasteiger partial charge >= 0.3 is 0 Å². The zero-order valence-corrected chi connectivity index (χ0v) is 11.4. The normalized spacial score (nSPS) is 13.2. The molecule has 1 rings (SSSR count). The Morgan fingerprint density at radius 1 is 1.19 bits per heavy atom. The van der Waals surface area contributed by atoms with Crippen LogP contribution >= 0.6 is 0 Å². The van der Waals surface area contributed by atoms with Crippen molar-refractivity contribution in [1.82, 2.24) is 10.3 Å². The lowest BCUT2D eigenvalue weighted by molar-refractivity contribution is 0.492. The highest BCUT2D eigenvalue weighted by Crippen LogP contribution is 2.21. The summed E-state index contributed by atoms with van der Waals surface area (Å²) >= 11 is 0. The SMILES string of the molecule is Cc1cc(C)c(C(C)NCC(C)C)c(C)n1. The molecule has 0 spiro atoms. The molecule has 1 unspecified atom stereocenters. The van der Waals surface area contributed by atoms with E-state index >= 15 is 0 Å². The highest BCUT2D eigenvalue weighted by atomic mass is 14.9. The lowest BCUT2D eigenvalue weighted by atomic mass is 10.00. The van der Waals surface area contributed by atoms with Gasteiger partial charge in [-0.15, -0.1) is 0 Å². The molecular formula is C14H24N2. The van der Waals surface area contributed by atoms with E-state index in [-0.39, 0.29) is 0 Å². The Balaban J connectivity index is 2.86. The number of rotatable bonds is 4. The molecule has 0 amide bonds. The van der Waals surface area contributed by atoms with Gasteiger partial charge in [0.2, 0.25) is 0 Å². The van der Waals surface area contributed by atoms with Gasteiger partial charge in [-0.3, -0.25) is 4.98 Å². The third-order valence-electron chi connectivity index (χ3n) is 2.85. The maximum atomic E-state index is 4.54. The molecule has 0 aromatic carbocycles. The maximum Gasteiger partial charge on any atom is 0.0426 e. The van der Waals surface area contributed by atoms with Crippen LogP contribution in [-0.2, 0) is 0 Å². The zero-order valence-electron chi connectivity index (χ0n) is 11.4. The molecule has 1 aromatic rings. The van der Waals surface area contributed by atoms with Gasteiger partial charge in [0, 0.05) is 17.4 Å². The molecule has 0 saturated heterocycles. The summed E-state index contributed by atoms with van der Waals surface area (Å²) < 4.78 is 0. The Morgan fingerprint density at radius 2 is 1.81 bits per heavy atom. The van der Waals surface area contributed by atoms with Crippen LogP contribution in [0.15, 0.2) is 6.07 Å². The van der Waals surface area contributed by atoms with Crippen molar-refractivity contribution in [3.8, 4) is 0 Å². The van der Waals surface area contributed by atoms with E-state index in [4.69, 9.17) is 0 Å². The summed E-state index contributed by atoms with van der Waals surface area (Å²) in [6.07, 6.45) is 0. The second kappa shape index (κ2) is 5.44. The third-order valence-corrected chi connectivity index (χ3v) is 2.85. The largest absolute Gasteiger partial charge is 0.310 e. The van der Waals surface area contributed by atoms with E-state index < -0.39 is 0 Å². The Morgan fingerprint density at radius 3 is 2.31 bits per heavy atom. The van der Waals surface area contributed by atoms with Gasteiger partial charge < -0.3 is 5.32 Å². The van der Waals surface area contributed by atoms with E-state index in [1.54, 1.807) is 0 Å². The molecule has 2 nitrogen and oxygen atoms in total. The van der Waals surface area contributed by atoms with Crippen molar-refractivity contribution in [2.45, 2.75) is 47.6 Å². The zero-order chi connectivity index (χ0) is 12.3. The van der Waals surface area contributed by atoms with Crippen LogP contribution in [0, 0.1) is 26.7 Å². The van der Waals surface area contributed by atoms with Gasteiger partial charge in [0.05, 0.1) is 0 Å². The van der Waals surface area contributed by atoms with Crippen molar-refractivity contribution in [3.63, 3.8) is 0 Å². The molecule has 0 radical (unpaired) electrons. The van der Waals surface area contributed by atoms with Gasteiger partial charge in [0.25, 0.3) is 0 Å². The predicted molar refractivity (Wildman–Crippen MR) is 69.7 cm³/mol. The molecule has 90 valence electrons. The minimum absolute atomic E-state index is 0.385. The van der Waals surface area contributed by atoms with Gasteiger partial charge in [0.1, 0.15) is 0 Å².